The number of aromatic amines is 1. The lowest BCUT2D eigenvalue weighted by Gasteiger charge is -2.29. The van der Waals surface area contributed by atoms with Crippen molar-refractivity contribution in [2.24, 2.45) is 11.8 Å². The van der Waals surface area contributed by atoms with Gasteiger partial charge in [0.05, 0.1) is 12.5 Å². The molecular weight excluding hydrogens is 261 g/mol. The molecule has 0 aromatic carbocycles. The van der Waals surface area contributed by atoms with E-state index in [4.69, 9.17) is 0 Å². The minimum Gasteiger partial charge on any atom is -0.349 e. The van der Waals surface area contributed by atoms with Crippen molar-refractivity contribution >= 4 is 5.91 Å². The summed E-state index contributed by atoms with van der Waals surface area (Å²) in [4.78, 5) is 15.6. The molecule has 0 radical (unpaired) electrons. The summed E-state index contributed by atoms with van der Waals surface area (Å²) in [6.07, 6.45) is -2.18. The third kappa shape index (κ3) is 3.68. The summed E-state index contributed by atoms with van der Waals surface area (Å²) < 4.78 is 37.5. The van der Waals surface area contributed by atoms with E-state index in [-0.39, 0.29) is 44.1 Å². The molecule has 5 nitrogen and oxygen atoms in total. The largest absolute Gasteiger partial charge is 0.391 e. The Morgan fingerprint density at radius 3 is 2.58 bits per heavy atom. The SMILES string of the molecule is O=C(NCc1ncn[nH]1)C1CCC(C(F)(F)F)CC1. The van der Waals surface area contributed by atoms with Crippen molar-refractivity contribution in [3.63, 3.8) is 0 Å². The van der Waals surface area contributed by atoms with Crippen LogP contribution in [0.15, 0.2) is 6.33 Å². The zero-order chi connectivity index (χ0) is 13.9. The number of halogens is 3. The van der Waals surface area contributed by atoms with Gasteiger partial charge in [-0.15, -0.1) is 0 Å². The normalized spacial score (nSPS) is 24.2. The maximum Gasteiger partial charge on any atom is 0.391 e. The van der Waals surface area contributed by atoms with E-state index in [0.29, 0.717) is 5.82 Å². The Kier molecular flexibility index (Phi) is 4.06. The van der Waals surface area contributed by atoms with Crippen LogP contribution in [0.3, 0.4) is 0 Å². The molecular formula is C11H15F3N4O. The van der Waals surface area contributed by atoms with Gasteiger partial charge in [-0.2, -0.15) is 18.3 Å². The predicted molar refractivity (Wildman–Crippen MR) is 59.7 cm³/mol. The van der Waals surface area contributed by atoms with Crippen LogP contribution in [-0.4, -0.2) is 27.3 Å². The molecule has 2 rings (SSSR count). The van der Waals surface area contributed by atoms with Crippen LogP contribution < -0.4 is 5.32 Å². The van der Waals surface area contributed by atoms with Crippen LogP contribution in [0, 0.1) is 11.8 Å². The highest BCUT2D eigenvalue weighted by Gasteiger charge is 2.42. The fraction of sp³-hybridized carbons (Fsp3) is 0.727. The van der Waals surface area contributed by atoms with E-state index in [2.05, 4.69) is 20.5 Å². The number of nitrogens with zero attached hydrogens (tertiary/aromatic N) is 2. The van der Waals surface area contributed by atoms with Crippen LogP contribution in [0.4, 0.5) is 13.2 Å². The van der Waals surface area contributed by atoms with Gasteiger partial charge in [0.1, 0.15) is 12.2 Å². The molecule has 0 spiro atoms. The van der Waals surface area contributed by atoms with Gasteiger partial charge in [-0.3, -0.25) is 9.89 Å². The molecule has 19 heavy (non-hydrogen) atoms. The second-order valence-electron chi connectivity index (χ2n) is 4.74. The lowest BCUT2D eigenvalue weighted by molar-refractivity contribution is -0.184. The predicted octanol–water partition coefficient (Wildman–Crippen LogP) is 1.79. The minimum absolute atomic E-state index is 0.0316. The fourth-order valence-corrected chi connectivity index (χ4v) is 2.31. The summed E-state index contributed by atoms with van der Waals surface area (Å²) in [5, 5.41) is 8.89. The highest BCUT2D eigenvalue weighted by atomic mass is 19.4. The second kappa shape index (κ2) is 5.58. The Labute approximate surface area is 108 Å². The lowest BCUT2D eigenvalue weighted by atomic mass is 9.81. The first-order valence-electron chi connectivity index (χ1n) is 6.15. The van der Waals surface area contributed by atoms with Crippen LogP contribution in [0.5, 0.6) is 0 Å². The molecule has 0 unspecified atom stereocenters. The molecule has 0 saturated heterocycles. The van der Waals surface area contributed by atoms with Crippen molar-refractivity contribution in [3.05, 3.63) is 12.2 Å². The van der Waals surface area contributed by atoms with Gasteiger partial charge in [0.25, 0.3) is 0 Å². The Bertz CT molecular complexity index is 410. The highest BCUT2D eigenvalue weighted by molar-refractivity contribution is 5.78. The van der Waals surface area contributed by atoms with Crippen molar-refractivity contribution in [2.75, 3.05) is 0 Å². The second-order valence-corrected chi connectivity index (χ2v) is 4.74. The van der Waals surface area contributed by atoms with E-state index in [0.717, 1.165) is 0 Å². The Hall–Kier alpha value is -1.60. The molecule has 0 bridgehead atoms. The summed E-state index contributed by atoms with van der Waals surface area (Å²) in [6, 6.07) is 0. The summed E-state index contributed by atoms with van der Waals surface area (Å²) in [7, 11) is 0. The van der Waals surface area contributed by atoms with E-state index in [1.54, 1.807) is 0 Å². The van der Waals surface area contributed by atoms with Crippen molar-refractivity contribution in [1.29, 1.82) is 0 Å². The molecule has 1 heterocycles. The molecule has 0 atom stereocenters. The van der Waals surface area contributed by atoms with E-state index >= 15 is 0 Å². The highest BCUT2D eigenvalue weighted by Crippen LogP contribution is 2.39. The van der Waals surface area contributed by atoms with E-state index in [9.17, 15) is 18.0 Å². The van der Waals surface area contributed by atoms with Crippen molar-refractivity contribution in [2.45, 2.75) is 38.4 Å². The van der Waals surface area contributed by atoms with Gasteiger partial charge in [-0.1, -0.05) is 0 Å². The van der Waals surface area contributed by atoms with Crippen LogP contribution in [0.2, 0.25) is 0 Å². The number of carbonyl (C=O) groups excluding carboxylic acids is 1. The first-order valence-corrected chi connectivity index (χ1v) is 6.15. The number of amides is 1. The standard InChI is InChI=1S/C11H15F3N4O/c12-11(13,14)8-3-1-7(2-4-8)10(19)15-5-9-16-6-17-18-9/h6-8H,1-5H2,(H,15,19)(H,16,17,18). The van der Waals surface area contributed by atoms with Crippen LogP contribution in [-0.2, 0) is 11.3 Å². The molecule has 1 aromatic heterocycles. The molecule has 2 N–H and O–H groups in total. The number of nitrogens with one attached hydrogen (secondary N) is 2. The number of hydrogen-bond donors (Lipinski definition) is 2. The number of carbonyl (C=O) groups is 1. The number of aromatic nitrogens is 3. The number of alkyl halides is 3. The molecule has 1 fully saturated rings. The monoisotopic (exact) mass is 276 g/mol. The van der Waals surface area contributed by atoms with Gasteiger partial charge in [0, 0.05) is 5.92 Å². The molecule has 1 aromatic rings. The zero-order valence-electron chi connectivity index (χ0n) is 10.2. The third-order valence-corrected chi connectivity index (χ3v) is 3.46. The van der Waals surface area contributed by atoms with E-state index in [1.165, 1.54) is 6.33 Å². The van der Waals surface area contributed by atoms with Crippen molar-refractivity contribution in [1.82, 2.24) is 20.5 Å². The first kappa shape index (κ1) is 13.8. The van der Waals surface area contributed by atoms with Gasteiger partial charge in [0.2, 0.25) is 5.91 Å². The maximum absolute atomic E-state index is 12.5. The molecule has 1 aliphatic carbocycles. The quantitative estimate of drug-likeness (QED) is 0.884. The van der Waals surface area contributed by atoms with Crippen LogP contribution >= 0.6 is 0 Å². The number of H-pyrrole nitrogens is 1. The van der Waals surface area contributed by atoms with Crippen LogP contribution in [0.25, 0.3) is 0 Å². The van der Waals surface area contributed by atoms with Gasteiger partial charge in [-0.05, 0) is 25.7 Å². The van der Waals surface area contributed by atoms with Gasteiger partial charge in [0.15, 0.2) is 0 Å². The molecule has 106 valence electrons. The summed E-state index contributed by atoms with van der Waals surface area (Å²) in [5.74, 6) is -1.28. The average molecular weight is 276 g/mol. The smallest absolute Gasteiger partial charge is 0.349 e. The lowest BCUT2D eigenvalue weighted by Crippen LogP contribution is -2.35. The van der Waals surface area contributed by atoms with Gasteiger partial charge >= 0.3 is 6.18 Å². The van der Waals surface area contributed by atoms with Crippen LogP contribution in [0.1, 0.15) is 31.5 Å². The van der Waals surface area contributed by atoms with E-state index in [1.807, 2.05) is 0 Å². The molecule has 8 heteroatoms. The molecule has 0 aliphatic heterocycles. The first-order chi connectivity index (χ1) is 8.97. The average Bonchev–Trinajstić information content (AvgIpc) is 2.88. The maximum atomic E-state index is 12.5. The zero-order valence-corrected chi connectivity index (χ0v) is 10.2. The summed E-state index contributed by atoms with van der Waals surface area (Å²) in [6.45, 7) is 0.220. The molecule has 1 saturated carbocycles. The van der Waals surface area contributed by atoms with Gasteiger partial charge in [-0.25, -0.2) is 4.98 Å². The van der Waals surface area contributed by atoms with Gasteiger partial charge < -0.3 is 5.32 Å². The topological polar surface area (TPSA) is 70.7 Å². The Morgan fingerprint density at radius 1 is 1.37 bits per heavy atom. The Morgan fingerprint density at radius 2 is 2.05 bits per heavy atom. The van der Waals surface area contributed by atoms with Crippen molar-refractivity contribution in [3.8, 4) is 0 Å². The Balaban J connectivity index is 1.76. The van der Waals surface area contributed by atoms with E-state index < -0.39 is 12.1 Å². The number of hydrogen-bond acceptors (Lipinski definition) is 3. The van der Waals surface area contributed by atoms with Crippen molar-refractivity contribution < 1.29 is 18.0 Å². The fourth-order valence-electron chi connectivity index (χ4n) is 2.31. The number of rotatable bonds is 3. The summed E-state index contributed by atoms with van der Waals surface area (Å²) >= 11 is 0. The minimum atomic E-state index is -4.14. The molecule has 1 aliphatic rings. The summed E-state index contributed by atoms with van der Waals surface area (Å²) in [5.41, 5.74) is 0. The molecule has 1 amide bonds. The third-order valence-electron chi connectivity index (χ3n) is 3.46.